The molecule has 1 atom stereocenters. The van der Waals surface area contributed by atoms with Crippen LogP contribution in [-0.4, -0.2) is 62.0 Å². The molecule has 2 fully saturated rings. The number of carbonyl (C=O) groups is 2. The Morgan fingerprint density at radius 3 is 2.54 bits per heavy atom. The number of nitrogens with one attached hydrogen (secondary N) is 2. The molecule has 3 aromatic rings. The standard InChI is InChI=1S/C30H34N6O4S/c1-18(2)26(31)41-27(32)19-9-11-22(12-10-19)39-23-14-20(7-8-21(23)16-36-13-5-6-24(36)37)28-33-29(40-34-28)30(3)15-25(38)35(4)17-30/h7-12,14,18,31-32H,5-6,13,15-17H2,1-4H3. The fraction of sp³-hybridized carbons (Fsp3) is 0.400. The SMILES string of the molecule is CC(C)C(=N)SC(=N)c1ccc(Oc2cc(-c3noc(C4(C)CC(=O)N(C)C4)n3)ccc2CN2CCCC2=O)cc1. The van der Waals surface area contributed by atoms with Crippen molar-refractivity contribution in [2.24, 2.45) is 5.92 Å². The van der Waals surface area contributed by atoms with E-state index < -0.39 is 5.41 Å². The highest BCUT2D eigenvalue weighted by Gasteiger charge is 2.43. The van der Waals surface area contributed by atoms with Crippen LogP contribution in [0.25, 0.3) is 11.4 Å². The molecule has 5 rings (SSSR count). The lowest BCUT2D eigenvalue weighted by molar-refractivity contribution is -0.128. The van der Waals surface area contributed by atoms with Gasteiger partial charge < -0.3 is 19.1 Å². The Labute approximate surface area is 243 Å². The van der Waals surface area contributed by atoms with Crippen molar-refractivity contribution in [1.29, 1.82) is 10.8 Å². The summed E-state index contributed by atoms with van der Waals surface area (Å²) >= 11 is 1.15. The summed E-state index contributed by atoms with van der Waals surface area (Å²) in [6.07, 6.45) is 1.71. The maximum absolute atomic E-state index is 12.3. The Hall–Kier alpha value is -3.99. The van der Waals surface area contributed by atoms with Gasteiger partial charge in [-0.05, 0) is 43.7 Å². The van der Waals surface area contributed by atoms with Crippen molar-refractivity contribution in [1.82, 2.24) is 19.9 Å². The minimum atomic E-state index is -0.548. The lowest BCUT2D eigenvalue weighted by Gasteiger charge is -2.19. The van der Waals surface area contributed by atoms with E-state index in [1.165, 1.54) is 0 Å². The van der Waals surface area contributed by atoms with Crippen molar-refractivity contribution in [2.75, 3.05) is 20.1 Å². The topological polar surface area (TPSA) is 136 Å². The molecule has 1 aromatic heterocycles. The van der Waals surface area contributed by atoms with E-state index in [4.69, 9.17) is 20.1 Å². The van der Waals surface area contributed by atoms with Gasteiger partial charge in [0.25, 0.3) is 0 Å². The molecule has 2 aliphatic heterocycles. The van der Waals surface area contributed by atoms with Crippen molar-refractivity contribution in [3.63, 3.8) is 0 Å². The highest BCUT2D eigenvalue weighted by Crippen LogP contribution is 2.36. The average Bonchev–Trinajstić information content (AvgIpc) is 3.65. The molecule has 2 saturated heterocycles. The maximum Gasteiger partial charge on any atom is 0.235 e. The molecule has 0 bridgehead atoms. The van der Waals surface area contributed by atoms with Crippen LogP contribution in [0.4, 0.5) is 0 Å². The first kappa shape index (κ1) is 28.5. The zero-order chi connectivity index (χ0) is 29.3. The minimum absolute atomic E-state index is 0.0432. The highest BCUT2D eigenvalue weighted by molar-refractivity contribution is 8.26. The number of nitrogens with zero attached hydrogens (tertiary/aromatic N) is 4. The molecular weight excluding hydrogens is 540 g/mol. The van der Waals surface area contributed by atoms with Gasteiger partial charge in [0.2, 0.25) is 23.5 Å². The second-order valence-electron chi connectivity index (χ2n) is 11.2. The highest BCUT2D eigenvalue weighted by atomic mass is 32.2. The average molecular weight is 575 g/mol. The van der Waals surface area contributed by atoms with Crippen molar-refractivity contribution in [2.45, 2.75) is 52.0 Å². The van der Waals surface area contributed by atoms with Crippen LogP contribution in [0.15, 0.2) is 47.0 Å². The van der Waals surface area contributed by atoms with Crippen molar-refractivity contribution in [3.05, 3.63) is 59.5 Å². The van der Waals surface area contributed by atoms with Gasteiger partial charge in [-0.15, -0.1) is 0 Å². The van der Waals surface area contributed by atoms with Crippen molar-refractivity contribution < 1.29 is 18.8 Å². The second kappa shape index (κ2) is 11.5. The molecule has 0 radical (unpaired) electrons. The predicted octanol–water partition coefficient (Wildman–Crippen LogP) is 5.46. The zero-order valence-electron chi connectivity index (χ0n) is 23.7. The first-order valence-electron chi connectivity index (χ1n) is 13.6. The van der Waals surface area contributed by atoms with Crippen molar-refractivity contribution >= 4 is 33.7 Å². The number of likely N-dealkylation sites (tertiary alicyclic amines) is 2. The molecule has 41 heavy (non-hydrogen) atoms. The summed E-state index contributed by atoms with van der Waals surface area (Å²) in [5.41, 5.74) is 1.69. The fourth-order valence-corrected chi connectivity index (χ4v) is 5.66. The van der Waals surface area contributed by atoms with Crippen LogP contribution < -0.4 is 4.74 Å². The van der Waals surface area contributed by atoms with E-state index in [-0.39, 0.29) is 17.7 Å². The van der Waals surface area contributed by atoms with E-state index in [1.54, 1.807) is 36.2 Å². The molecule has 0 saturated carbocycles. The summed E-state index contributed by atoms with van der Waals surface area (Å²) in [6, 6.07) is 12.8. The summed E-state index contributed by atoms with van der Waals surface area (Å²) < 4.78 is 12.0. The van der Waals surface area contributed by atoms with E-state index in [0.717, 1.165) is 23.7 Å². The van der Waals surface area contributed by atoms with Gasteiger partial charge in [0.1, 0.15) is 16.5 Å². The van der Waals surface area contributed by atoms with E-state index in [1.807, 2.05) is 43.9 Å². The number of thioether (sulfide) groups is 1. The van der Waals surface area contributed by atoms with Gasteiger partial charge in [0.05, 0.1) is 10.5 Å². The Morgan fingerprint density at radius 1 is 1.15 bits per heavy atom. The lowest BCUT2D eigenvalue weighted by Crippen LogP contribution is -2.26. The largest absolute Gasteiger partial charge is 0.457 e. The molecule has 1 unspecified atom stereocenters. The van der Waals surface area contributed by atoms with Crippen LogP contribution in [0.3, 0.4) is 0 Å². The molecule has 0 spiro atoms. The number of likely N-dealkylation sites (N-methyl/N-ethyl adjacent to an activating group) is 1. The summed E-state index contributed by atoms with van der Waals surface area (Å²) in [7, 11) is 1.77. The van der Waals surface area contributed by atoms with Crippen LogP contribution >= 0.6 is 11.8 Å². The molecule has 2 aromatic carbocycles. The Morgan fingerprint density at radius 2 is 1.90 bits per heavy atom. The van der Waals surface area contributed by atoms with Crippen LogP contribution in [0.2, 0.25) is 0 Å². The Bertz CT molecular complexity index is 1500. The van der Waals surface area contributed by atoms with Gasteiger partial charge >= 0.3 is 0 Å². The number of ether oxygens (including phenoxy) is 1. The molecule has 214 valence electrons. The molecule has 0 aliphatic carbocycles. The summed E-state index contributed by atoms with van der Waals surface area (Å²) in [5.74, 6) is 2.18. The molecule has 3 heterocycles. The third-order valence-electron chi connectivity index (χ3n) is 7.43. The maximum atomic E-state index is 12.3. The van der Waals surface area contributed by atoms with Crippen LogP contribution in [0.1, 0.15) is 57.1 Å². The lowest BCUT2D eigenvalue weighted by atomic mass is 9.89. The second-order valence-corrected chi connectivity index (χ2v) is 12.3. The number of amides is 2. The molecule has 2 amide bonds. The molecular formula is C30H34N6O4S. The Kier molecular flexibility index (Phi) is 7.99. The third-order valence-corrected chi connectivity index (χ3v) is 8.57. The monoisotopic (exact) mass is 574 g/mol. The van der Waals surface area contributed by atoms with E-state index in [2.05, 4.69) is 10.1 Å². The normalized spacial score (nSPS) is 19.0. The van der Waals surface area contributed by atoms with E-state index in [0.29, 0.717) is 76.9 Å². The van der Waals surface area contributed by atoms with Crippen LogP contribution in [0, 0.1) is 16.7 Å². The zero-order valence-corrected chi connectivity index (χ0v) is 24.5. The van der Waals surface area contributed by atoms with Crippen LogP contribution in [-0.2, 0) is 21.5 Å². The van der Waals surface area contributed by atoms with Gasteiger partial charge in [-0.3, -0.25) is 20.4 Å². The molecule has 10 nitrogen and oxygen atoms in total. The number of aromatic nitrogens is 2. The van der Waals surface area contributed by atoms with Crippen molar-refractivity contribution in [3.8, 4) is 22.9 Å². The third kappa shape index (κ3) is 6.19. The van der Waals surface area contributed by atoms with E-state index in [9.17, 15) is 9.59 Å². The predicted molar refractivity (Wildman–Crippen MR) is 157 cm³/mol. The van der Waals surface area contributed by atoms with E-state index >= 15 is 0 Å². The summed E-state index contributed by atoms with van der Waals surface area (Å²) in [4.78, 5) is 32.7. The van der Waals surface area contributed by atoms with Gasteiger partial charge in [-0.1, -0.05) is 42.9 Å². The number of hydrogen-bond acceptors (Lipinski definition) is 9. The van der Waals surface area contributed by atoms with Gasteiger partial charge in [-0.2, -0.15) is 4.98 Å². The number of carbonyl (C=O) groups excluding carboxylic acids is 2. The fourth-order valence-electron chi connectivity index (χ4n) is 4.95. The molecule has 11 heteroatoms. The smallest absolute Gasteiger partial charge is 0.235 e. The number of benzene rings is 2. The summed E-state index contributed by atoms with van der Waals surface area (Å²) in [5, 5.41) is 21.4. The quantitative estimate of drug-likeness (QED) is 0.269. The van der Waals surface area contributed by atoms with Gasteiger partial charge in [0.15, 0.2) is 0 Å². The number of hydrogen-bond donors (Lipinski definition) is 2. The van der Waals surface area contributed by atoms with Gasteiger partial charge in [-0.25, -0.2) is 0 Å². The molecule has 2 aliphatic rings. The van der Waals surface area contributed by atoms with Gasteiger partial charge in [0, 0.05) is 62.1 Å². The minimum Gasteiger partial charge on any atom is -0.457 e. The first-order chi connectivity index (χ1) is 19.5. The summed E-state index contributed by atoms with van der Waals surface area (Å²) in [6.45, 7) is 7.46. The Balaban J connectivity index is 1.40. The number of rotatable bonds is 8. The molecule has 2 N–H and O–H groups in total. The van der Waals surface area contributed by atoms with Crippen LogP contribution in [0.5, 0.6) is 11.5 Å². The first-order valence-corrected chi connectivity index (χ1v) is 14.5.